The van der Waals surface area contributed by atoms with Gasteiger partial charge in [0.1, 0.15) is 5.75 Å². The minimum Gasteiger partial charge on any atom is -0.495 e. The van der Waals surface area contributed by atoms with E-state index in [4.69, 9.17) is 4.74 Å². The van der Waals surface area contributed by atoms with Crippen LogP contribution in [-0.4, -0.2) is 43.3 Å². The quantitative estimate of drug-likeness (QED) is 0.576. The second-order valence-corrected chi connectivity index (χ2v) is 7.29. The molecule has 1 aliphatic rings. The summed E-state index contributed by atoms with van der Waals surface area (Å²) in [6.45, 7) is 0.292. The van der Waals surface area contributed by atoms with Gasteiger partial charge in [-0.05, 0) is 42.3 Å². The molecule has 1 heterocycles. The second kappa shape index (κ2) is 8.44. The Hall–Kier alpha value is -3.93. The molecule has 3 amide bonds. The van der Waals surface area contributed by atoms with Gasteiger partial charge in [0.15, 0.2) is 0 Å². The number of para-hydroxylation sites is 2. The molecular formula is C25H22N2O4. The van der Waals surface area contributed by atoms with E-state index in [9.17, 15) is 14.4 Å². The van der Waals surface area contributed by atoms with Crippen molar-refractivity contribution >= 4 is 23.4 Å². The number of methoxy groups -OCH3 is 1. The van der Waals surface area contributed by atoms with Crippen molar-refractivity contribution in [3.05, 3.63) is 95.1 Å². The Balaban J connectivity index is 1.56. The van der Waals surface area contributed by atoms with Crippen LogP contribution in [-0.2, 0) is 6.42 Å². The third-order valence-corrected chi connectivity index (χ3v) is 5.44. The van der Waals surface area contributed by atoms with Crippen LogP contribution in [0.15, 0.2) is 72.8 Å². The van der Waals surface area contributed by atoms with E-state index in [2.05, 4.69) is 0 Å². The van der Waals surface area contributed by atoms with Crippen molar-refractivity contribution in [1.82, 2.24) is 4.90 Å². The molecular weight excluding hydrogens is 392 g/mol. The van der Waals surface area contributed by atoms with Crippen molar-refractivity contribution in [3.63, 3.8) is 0 Å². The Morgan fingerprint density at radius 2 is 1.58 bits per heavy atom. The largest absolute Gasteiger partial charge is 0.495 e. The summed E-state index contributed by atoms with van der Waals surface area (Å²) < 4.78 is 5.34. The van der Waals surface area contributed by atoms with Gasteiger partial charge in [-0.3, -0.25) is 19.3 Å². The van der Waals surface area contributed by atoms with Crippen molar-refractivity contribution in [1.29, 1.82) is 0 Å². The zero-order valence-corrected chi connectivity index (χ0v) is 17.4. The monoisotopic (exact) mass is 414 g/mol. The van der Waals surface area contributed by atoms with E-state index < -0.39 is 0 Å². The molecule has 31 heavy (non-hydrogen) atoms. The number of ether oxygens (including phenoxy) is 1. The molecule has 156 valence electrons. The SMILES string of the molecule is COc1ccccc1N(C)C(=O)c1ccc2c(c1)C(=O)N(CCc1ccccc1)C2=O. The number of carbonyl (C=O) groups excluding carboxylic acids is 3. The number of anilines is 1. The molecule has 0 saturated carbocycles. The molecule has 0 fully saturated rings. The highest BCUT2D eigenvalue weighted by Crippen LogP contribution is 2.29. The molecule has 6 heteroatoms. The molecule has 0 atom stereocenters. The highest BCUT2D eigenvalue weighted by Gasteiger charge is 2.36. The molecule has 3 aromatic rings. The predicted molar refractivity (Wildman–Crippen MR) is 118 cm³/mol. The van der Waals surface area contributed by atoms with Gasteiger partial charge in [-0.15, -0.1) is 0 Å². The minimum atomic E-state index is -0.370. The molecule has 3 aromatic carbocycles. The maximum absolute atomic E-state index is 13.1. The summed E-state index contributed by atoms with van der Waals surface area (Å²) in [7, 11) is 3.19. The smallest absolute Gasteiger partial charge is 0.261 e. The summed E-state index contributed by atoms with van der Waals surface area (Å²) in [5.74, 6) is -0.424. The molecule has 0 bridgehead atoms. The first-order chi connectivity index (χ1) is 15.0. The fraction of sp³-hybridized carbons (Fsp3) is 0.160. The summed E-state index contributed by atoms with van der Waals surface area (Å²) in [5.41, 5.74) is 2.58. The van der Waals surface area contributed by atoms with Gasteiger partial charge in [0, 0.05) is 19.2 Å². The lowest BCUT2D eigenvalue weighted by Crippen LogP contribution is -2.31. The summed E-state index contributed by atoms with van der Waals surface area (Å²) in [6.07, 6.45) is 0.578. The Morgan fingerprint density at radius 3 is 2.32 bits per heavy atom. The lowest BCUT2D eigenvalue weighted by molar-refractivity contribution is 0.0656. The number of rotatable bonds is 6. The number of hydrogen-bond donors (Lipinski definition) is 0. The average Bonchev–Trinajstić information content (AvgIpc) is 3.06. The van der Waals surface area contributed by atoms with Crippen molar-refractivity contribution in [2.45, 2.75) is 6.42 Å². The maximum atomic E-state index is 13.1. The molecule has 0 aromatic heterocycles. The highest BCUT2D eigenvalue weighted by atomic mass is 16.5. The molecule has 1 aliphatic heterocycles. The van der Waals surface area contributed by atoms with E-state index in [0.29, 0.717) is 35.5 Å². The molecule has 0 spiro atoms. The van der Waals surface area contributed by atoms with Crippen molar-refractivity contribution in [3.8, 4) is 5.75 Å². The molecule has 0 N–H and O–H groups in total. The lowest BCUT2D eigenvalue weighted by Gasteiger charge is -2.20. The molecule has 0 radical (unpaired) electrons. The van der Waals surface area contributed by atoms with Crippen molar-refractivity contribution < 1.29 is 19.1 Å². The van der Waals surface area contributed by atoms with Gasteiger partial charge in [-0.2, -0.15) is 0 Å². The van der Waals surface area contributed by atoms with Crippen LogP contribution in [0.4, 0.5) is 5.69 Å². The van der Waals surface area contributed by atoms with Crippen LogP contribution >= 0.6 is 0 Å². The van der Waals surface area contributed by atoms with E-state index in [-0.39, 0.29) is 23.3 Å². The van der Waals surface area contributed by atoms with Crippen LogP contribution < -0.4 is 9.64 Å². The second-order valence-electron chi connectivity index (χ2n) is 7.29. The summed E-state index contributed by atoms with van der Waals surface area (Å²) >= 11 is 0. The van der Waals surface area contributed by atoms with Crippen molar-refractivity contribution in [2.75, 3.05) is 25.6 Å². The zero-order valence-electron chi connectivity index (χ0n) is 17.4. The van der Waals surface area contributed by atoms with Gasteiger partial charge in [0.2, 0.25) is 0 Å². The predicted octanol–water partition coefficient (Wildman–Crippen LogP) is 3.81. The van der Waals surface area contributed by atoms with Gasteiger partial charge in [-0.25, -0.2) is 0 Å². The Morgan fingerprint density at radius 1 is 0.903 bits per heavy atom. The number of nitrogens with zero attached hydrogens (tertiary/aromatic N) is 2. The van der Waals surface area contributed by atoms with Gasteiger partial charge in [-0.1, -0.05) is 42.5 Å². The van der Waals surface area contributed by atoms with Crippen LogP contribution in [0.1, 0.15) is 36.6 Å². The van der Waals surface area contributed by atoms with E-state index >= 15 is 0 Å². The molecule has 6 nitrogen and oxygen atoms in total. The Bertz CT molecular complexity index is 1160. The van der Waals surface area contributed by atoms with E-state index in [1.807, 2.05) is 42.5 Å². The topological polar surface area (TPSA) is 66.9 Å². The standard InChI is InChI=1S/C25H22N2O4/c1-26(21-10-6-7-11-22(21)31-2)23(28)18-12-13-19-20(16-18)25(30)27(24(19)29)15-14-17-8-4-3-5-9-17/h3-13,16H,14-15H2,1-2H3. The Kier molecular flexibility index (Phi) is 5.54. The van der Waals surface area contributed by atoms with Crippen LogP contribution in [0, 0.1) is 0 Å². The number of benzene rings is 3. The molecule has 0 aliphatic carbocycles. The van der Waals surface area contributed by atoms with E-state index in [1.165, 1.54) is 15.9 Å². The Labute approximate surface area is 180 Å². The van der Waals surface area contributed by atoms with Crippen LogP contribution in [0.5, 0.6) is 5.75 Å². The number of fused-ring (bicyclic) bond motifs is 1. The van der Waals surface area contributed by atoms with E-state index in [0.717, 1.165) is 5.56 Å². The van der Waals surface area contributed by atoms with Crippen LogP contribution in [0.25, 0.3) is 0 Å². The molecule has 4 rings (SSSR count). The number of hydrogen-bond acceptors (Lipinski definition) is 4. The average molecular weight is 414 g/mol. The lowest BCUT2D eigenvalue weighted by atomic mass is 10.0. The fourth-order valence-corrected chi connectivity index (χ4v) is 3.72. The summed E-state index contributed by atoms with van der Waals surface area (Å²) in [5, 5.41) is 0. The molecule has 0 unspecified atom stereocenters. The van der Waals surface area contributed by atoms with Gasteiger partial charge in [0.05, 0.1) is 23.9 Å². The number of carbonyl (C=O) groups is 3. The highest BCUT2D eigenvalue weighted by molar-refractivity contribution is 6.22. The van der Waals surface area contributed by atoms with Gasteiger partial charge < -0.3 is 9.64 Å². The van der Waals surface area contributed by atoms with Gasteiger partial charge >= 0.3 is 0 Å². The van der Waals surface area contributed by atoms with E-state index in [1.54, 1.807) is 38.4 Å². The maximum Gasteiger partial charge on any atom is 0.261 e. The summed E-state index contributed by atoms with van der Waals surface area (Å²) in [6, 6.07) is 21.5. The first-order valence-corrected chi connectivity index (χ1v) is 9.96. The normalized spacial score (nSPS) is 12.6. The third-order valence-electron chi connectivity index (χ3n) is 5.44. The zero-order chi connectivity index (χ0) is 22.0. The first-order valence-electron chi connectivity index (χ1n) is 9.96. The van der Waals surface area contributed by atoms with Crippen LogP contribution in [0.3, 0.4) is 0 Å². The molecule has 0 saturated heterocycles. The third kappa shape index (κ3) is 3.80. The number of amides is 3. The number of imide groups is 1. The first kappa shape index (κ1) is 20.3. The van der Waals surface area contributed by atoms with Crippen LogP contribution in [0.2, 0.25) is 0 Å². The minimum absolute atomic E-state index is 0.261. The summed E-state index contributed by atoms with van der Waals surface area (Å²) in [4.78, 5) is 41.4. The fourth-order valence-electron chi connectivity index (χ4n) is 3.72. The van der Waals surface area contributed by atoms with Gasteiger partial charge in [0.25, 0.3) is 17.7 Å². The van der Waals surface area contributed by atoms with Crippen molar-refractivity contribution in [2.24, 2.45) is 0 Å².